The third kappa shape index (κ3) is 4.16. The number of benzene rings is 1. The van der Waals surface area contributed by atoms with Gasteiger partial charge in [0.2, 0.25) is 0 Å². The average molecular weight is 261 g/mol. The molecule has 0 bridgehead atoms. The molecule has 1 aromatic carbocycles. The lowest BCUT2D eigenvalue weighted by molar-refractivity contribution is 0.200. The van der Waals surface area contributed by atoms with Crippen LogP contribution in [0.1, 0.15) is 5.56 Å². The van der Waals surface area contributed by atoms with Gasteiger partial charge in [-0.2, -0.15) is 11.8 Å². The number of halogens is 1. The molecule has 3 heteroatoms. The fourth-order valence-corrected chi connectivity index (χ4v) is 1.91. The van der Waals surface area contributed by atoms with E-state index < -0.39 is 0 Å². The zero-order chi connectivity index (χ0) is 9.68. The molecule has 0 aromatic heterocycles. The van der Waals surface area contributed by atoms with E-state index in [1.807, 2.05) is 30.5 Å². The van der Waals surface area contributed by atoms with E-state index in [1.165, 1.54) is 5.56 Å². The van der Waals surface area contributed by atoms with Gasteiger partial charge in [-0.25, -0.2) is 0 Å². The second-order valence-corrected chi connectivity index (χ2v) is 4.77. The molecule has 0 aliphatic heterocycles. The summed E-state index contributed by atoms with van der Waals surface area (Å²) >= 11 is 5.05. The summed E-state index contributed by atoms with van der Waals surface area (Å²) in [4.78, 5) is 0. The average Bonchev–Trinajstić information content (AvgIpc) is 2.09. The Bertz CT molecular complexity index is 248. The van der Waals surface area contributed by atoms with Gasteiger partial charge in [-0.3, -0.25) is 0 Å². The second-order valence-electron chi connectivity index (χ2n) is 2.94. The van der Waals surface area contributed by atoms with Crippen molar-refractivity contribution in [3.8, 4) is 0 Å². The quantitative estimate of drug-likeness (QED) is 0.899. The predicted octanol–water partition coefficient (Wildman–Crippen LogP) is 2.72. The Morgan fingerprint density at radius 2 is 2.00 bits per heavy atom. The van der Waals surface area contributed by atoms with Crippen LogP contribution in [0, 0.1) is 0 Å². The van der Waals surface area contributed by atoms with Gasteiger partial charge in [-0.15, -0.1) is 0 Å². The van der Waals surface area contributed by atoms with Crippen molar-refractivity contribution >= 4 is 27.7 Å². The molecule has 1 nitrogen and oxygen atoms in total. The lowest BCUT2D eigenvalue weighted by atomic mass is 10.1. The van der Waals surface area contributed by atoms with Gasteiger partial charge >= 0.3 is 0 Å². The molecular weight excluding hydrogens is 248 g/mol. The summed E-state index contributed by atoms with van der Waals surface area (Å²) in [6, 6.07) is 8.07. The summed E-state index contributed by atoms with van der Waals surface area (Å²) in [5.41, 5.74) is 1.18. The van der Waals surface area contributed by atoms with Crippen molar-refractivity contribution in [2.24, 2.45) is 0 Å². The smallest absolute Gasteiger partial charge is 0.0670 e. The summed E-state index contributed by atoms with van der Waals surface area (Å²) in [5, 5.41) is 9.54. The minimum Gasteiger partial charge on any atom is -0.392 e. The van der Waals surface area contributed by atoms with Crippen LogP contribution in [0.2, 0.25) is 0 Å². The first-order valence-corrected chi connectivity index (χ1v) is 6.32. The van der Waals surface area contributed by atoms with E-state index >= 15 is 0 Å². The molecule has 0 heterocycles. The van der Waals surface area contributed by atoms with E-state index in [0.29, 0.717) is 0 Å². The minimum atomic E-state index is -0.226. The molecule has 0 saturated carbocycles. The Morgan fingerprint density at radius 1 is 1.38 bits per heavy atom. The summed E-state index contributed by atoms with van der Waals surface area (Å²) in [5.74, 6) is 0.802. The summed E-state index contributed by atoms with van der Waals surface area (Å²) < 4.78 is 1.08. The third-order valence-corrected chi connectivity index (χ3v) is 2.99. The largest absolute Gasteiger partial charge is 0.392 e. The summed E-state index contributed by atoms with van der Waals surface area (Å²) in [6.07, 6.45) is 2.52. The number of thioether (sulfide) groups is 1. The Morgan fingerprint density at radius 3 is 2.54 bits per heavy atom. The zero-order valence-corrected chi connectivity index (χ0v) is 9.94. The molecule has 0 radical (unpaired) electrons. The summed E-state index contributed by atoms with van der Waals surface area (Å²) in [6.45, 7) is 0. The van der Waals surface area contributed by atoms with Crippen molar-refractivity contribution in [3.63, 3.8) is 0 Å². The molecule has 0 amide bonds. The van der Waals surface area contributed by atoms with Crippen LogP contribution in [0.5, 0.6) is 0 Å². The van der Waals surface area contributed by atoms with E-state index in [1.54, 1.807) is 11.8 Å². The second kappa shape index (κ2) is 5.68. The minimum absolute atomic E-state index is 0.226. The van der Waals surface area contributed by atoms with Crippen LogP contribution < -0.4 is 0 Å². The highest BCUT2D eigenvalue weighted by molar-refractivity contribution is 9.10. The molecule has 1 aromatic rings. The van der Waals surface area contributed by atoms with Crippen LogP contribution in [0.4, 0.5) is 0 Å². The van der Waals surface area contributed by atoms with Crippen molar-refractivity contribution in [1.29, 1.82) is 0 Å². The first kappa shape index (κ1) is 11.1. The monoisotopic (exact) mass is 260 g/mol. The van der Waals surface area contributed by atoms with Crippen molar-refractivity contribution in [3.05, 3.63) is 34.3 Å². The van der Waals surface area contributed by atoms with Gasteiger partial charge in [-0.05, 0) is 30.4 Å². The number of rotatable bonds is 4. The maximum atomic E-state index is 9.54. The van der Waals surface area contributed by atoms with E-state index in [4.69, 9.17) is 0 Å². The summed E-state index contributed by atoms with van der Waals surface area (Å²) in [7, 11) is 0. The van der Waals surface area contributed by atoms with Crippen LogP contribution in [0.3, 0.4) is 0 Å². The maximum absolute atomic E-state index is 9.54. The maximum Gasteiger partial charge on any atom is 0.0670 e. The zero-order valence-electron chi connectivity index (χ0n) is 7.53. The van der Waals surface area contributed by atoms with E-state index in [-0.39, 0.29) is 6.10 Å². The van der Waals surface area contributed by atoms with E-state index in [2.05, 4.69) is 15.9 Å². The molecular formula is C10H13BrOS. The van der Waals surface area contributed by atoms with Crippen LogP contribution >= 0.6 is 27.7 Å². The van der Waals surface area contributed by atoms with E-state index in [0.717, 1.165) is 16.6 Å². The topological polar surface area (TPSA) is 20.2 Å². The Hall–Kier alpha value is 0.01000. The standard InChI is InChI=1S/C10H13BrOS/c1-13-7-10(12)6-8-2-4-9(11)5-3-8/h2-5,10,12H,6-7H2,1H3. The van der Waals surface area contributed by atoms with Crippen molar-refractivity contribution in [2.45, 2.75) is 12.5 Å². The SMILES string of the molecule is CSCC(O)Cc1ccc(Br)cc1. The highest BCUT2D eigenvalue weighted by atomic mass is 79.9. The Kier molecular flexibility index (Phi) is 4.84. The van der Waals surface area contributed by atoms with Crippen molar-refractivity contribution in [1.82, 2.24) is 0 Å². The molecule has 72 valence electrons. The fourth-order valence-electron chi connectivity index (χ4n) is 1.14. The van der Waals surface area contributed by atoms with Gasteiger partial charge in [0.25, 0.3) is 0 Å². The highest BCUT2D eigenvalue weighted by Gasteiger charge is 2.03. The van der Waals surface area contributed by atoms with Crippen LogP contribution in [0.25, 0.3) is 0 Å². The molecule has 0 spiro atoms. The molecule has 1 N–H and O–H groups in total. The van der Waals surface area contributed by atoms with Crippen LogP contribution in [0.15, 0.2) is 28.7 Å². The lowest BCUT2D eigenvalue weighted by Gasteiger charge is -2.08. The third-order valence-electron chi connectivity index (χ3n) is 1.74. The molecule has 0 aliphatic rings. The van der Waals surface area contributed by atoms with Crippen molar-refractivity contribution < 1.29 is 5.11 Å². The molecule has 0 aliphatic carbocycles. The first-order valence-electron chi connectivity index (χ1n) is 4.14. The number of hydrogen-bond donors (Lipinski definition) is 1. The van der Waals surface area contributed by atoms with Gasteiger partial charge in [-0.1, -0.05) is 28.1 Å². The van der Waals surface area contributed by atoms with E-state index in [9.17, 15) is 5.11 Å². The molecule has 1 rings (SSSR count). The lowest BCUT2D eigenvalue weighted by Crippen LogP contribution is -2.12. The number of aliphatic hydroxyl groups is 1. The Labute approximate surface area is 91.7 Å². The fraction of sp³-hybridized carbons (Fsp3) is 0.400. The number of aliphatic hydroxyl groups excluding tert-OH is 1. The van der Waals surface area contributed by atoms with Gasteiger partial charge in [0.05, 0.1) is 6.10 Å². The normalized spacial score (nSPS) is 12.8. The highest BCUT2D eigenvalue weighted by Crippen LogP contribution is 2.12. The van der Waals surface area contributed by atoms with Gasteiger partial charge in [0, 0.05) is 10.2 Å². The van der Waals surface area contributed by atoms with Gasteiger partial charge in [0.1, 0.15) is 0 Å². The van der Waals surface area contributed by atoms with Gasteiger partial charge in [0.15, 0.2) is 0 Å². The molecule has 0 fully saturated rings. The molecule has 1 atom stereocenters. The number of hydrogen-bond acceptors (Lipinski definition) is 2. The van der Waals surface area contributed by atoms with Crippen molar-refractivity contribution in [2.75, 3.05) is 12.0 Å². The first-order chi connectivity index (χ1) is 6.22. The molecule has 1 unspecified atom stereocenters. The predicted molar refractivity (Wildman–Crippen MR) is 62.2 cm³/mol. The van der Waals surface area contributed by atoms with Gasteiger partial charge < -0.3 is 5.11 Å². The molecule has 0 saturated heterocycles. The Balaban J connectivity index is 2.49. The van der Waals surface area contributed by atoms with Crippen LogP contribution in [-0.2, 0) is 6.42 Å². The van der Waals surface area contributed by atoms with Crippen LogP contribution in [-0.4, -0.2) is 23.2 Å². The molecule has 13 heavy (non-hydrogen) atoms.